The molecule has 3 rings (SSSR count). The lowest BCUT2D eigenvalue weighted by Gasteiger charge is -2.08. The Balaban J connectivity index is 1.38. The number of thiazole rings is 1. The zero-order valence-electron chi connectivity index (χ0n) is 13.6. The number of hydrogen-bond acceptors (Lipinski definition) is 5. The molecule has 128 valence electrons. The van der Waals surface area contributed by atoms with E-state index >= 15 is 0 Å². The highest BCUT2D eigenvalue weighted by Crippen LogP contribution is 2.28. The third-order valence-corrected chi connectivity index (χ3v) is 4.40. The Morgan fingerprint density at radius 2 is 2.29 bits per heavy atom. The lowest BCUT2D eigenvalue weighted by Crippen LogP contribution is -2.25. The number of amides is 1. The number of aromatic nitrogens is 1. The maximum Gasteiger partial charge on any atom is 0.251 e. The molecule has 0 atom stereocenters. The summed E-state index contributed by atoms with van der Waals surface area (Å²) in [5, 5.41) is 4.86. The molecule has 1 aliphatic rings. The summed E-state index contributed by atoms with van der Waals surface area (Å²) in [6.45, 7) is 2.60. The molecule has 1 aliphatic carbocycles. The summed E-state index contributed by atoms with van der Waals surface area (Å²) in [6.07, 6.45) is 3.44. The predicted octanol–water partition coefficient (Wildman–Crippen LogP) is 3.27. The van der Waals surface area contributed by atoms with Gasteiger partial charge < -0.3 is 14.8 Å². The van der Waals surface area contributed by atoms with Crippen molar-refractivity contribution in [3.63, 3.8) is 0 Å². The van der Waals surface area contributed by atoms with E-state index in [1.807, 2.05) is 17.5 Å². The van der Waals surface area contributed by atoms with Crippen LogP contribution in [0.4, 0.5) is 0 Å². The van der Waals surface area contributed by atoms with E-state index in [1.165, 1.54) is 24.2 Å². The predicted molar refractivity (Wildman–Crippen MR) is 93.4 cm³/mol. The van der Waals surface area contributed by atoms with Gasteiger partial charge in [0, 0.05) is 30.7 Å². The number of benzene rings is 1. The molecule has 0 unspecified atom stereocenters. The Morgan fingerprint density at radius 1 is 1.38 bits per heavy atom. The number of rotatable bonds is 10. The Bertz CT molecular complexity index is 641. The van der Waals surface area contributed by atoms with Gasteiger partial charge in [0.15, 0.2) is 0 Å². The lowest BCUT2D eigenvalue weighted by atomic mass is 10.2. The van der Waals surface area contributed by atoms with Crippen molar-refractivity contribution in [3.05, 3.63) is 46.4 Å². The van der Waals surface area contributed by atoms with Gasteiger partial charge in [0.05, 0.1) is 11.2 Å². The van der Waals surface area contributed by atoms with E-state index in [4.69, 9.17) is 9.47 Å². The molecule has 1 amide bonds. The molecule has 1 N–H and O–H groups in total. The summed E-state index contributed by atoms with van der Waals surface area (Å²) in [4.78, 5) is 16.3. The van der Waals surface area contributed by atoms with Gasteiger partial charge in [0.25, 0.3) is 5.91 Å². The highest BCUT2D eigenvalue weighted by Gasteiger charge is 2.20. The first-order chi connectivity index (χ1) is 11.8. The highest BCUT2D eigenvalue weighted by atomic mass is 32.1. The third-order valence-electron chi connectivity index (χ3n) is 3.77. The fraction of sp³-hybridized carbons (Fsp3) is 0.444. The molecular formula is C18H22N2O3S. The second-order valence-corrected chi connectivity index (χ2v) is 6.64. The van der Waals surface area contributed by atoms with Gasteiger partial charge in [-0.15, -0.1) is 11.3 Å². The van der Waals surface area contributed by atoms with Crippen LogP contribution in [-0.2, 0) is 11.3 Å². The lowest BCUT2D eigenvalue weighted by molar-refractivity contribution is 0.0937. The maximum atomic E-state index is 12.2. The van der Waals surface area contributed by atoms with Gasteiger partial charge in [-0.1, -0.05) is 6.07 Å². The van der Waals surface area contributed by atoms with Crippen LogP contribution in [0.1, 0.15) is 35.3 Å². The second-order valence-electron chi connectivity index (χ2n) is 5.92. The van der Waals surface area contributed by atoms with E-state index in [1.54, 1.807) is 17.6 Å². The Kier molecular flexibility index (Phi) is 6.20. The number of carbonyl (C=O) groups excluding carboxylic acids is 1. The van der Waals surface area contributed by atoms with Crippen LogP contribution in [-0.4, -0.2) is 30.6 Å². The minimum absolute atomic E-state index is 0.0868. The van der Waals surface area contributed by atoms with Gasteiger partial charge in [0.1, 0.15) is 12.4 Å². The second kappa shape index (κ2) is 8.80. The molecule has 0 bridgehead atoms. The molecule has 1 fully saturated rings. The van der Waals surface area contributed by atoms with Gasteiger partial charge in [-0.25, -0.2) is 4.98 Å². The van der Waals surface area contributed by atoms with Gasteiger partial charge in [-0.3, -0.25) is 4.79 Å². The smallest absolute Gasteiger partial charge is 0.251 e. The molecule has 1 saturated carbocycles. The molecule has 0 radical (unpaired) electrons. The van der Waals surface area contributed by atoms with Crippen LogP contribution in [0, 0.1) is 5.92 Å². The SMILES string of the molecule is O=C(NCCCOCC1CC1)c1cccc(OCc2cscn2)c1. The largest absolute Gasteiger partial charge is 0.487 e. The summed E-state index contributed by atoms with van der Waals surface area (Å²) in [5.41, 5.74) is 3.27. The first-order valence-corrected chi connectivity index (χ1v) is 9.21. The average molecular weight is 346 g/mol. The van der Waals surface area contributed by atoms with Crippen molar-refractivity contribution >= 4 is 17.2 Å². The summed E-state index contributed by atoms with van der Waals surface area (Å²) in [5.74, 6) is 1.37. The van der Waals surface area contributed by atoms with Crippen LogP contribution in [0.3, 0.4) is 0 Å². The summed E-state index contributed by atoms with van der Waals surface area (Å²) < 4.78 is 11.2. The van der Waals surface area contributed by atoms with Crippen LogP contribution in [0.2, 0.25) is 0 Å². The maximum absolute atomic E-state index is 12.2. The quantitative estimate of drug-likeness (QED) is 0.671. The van der Waals surface area contributed by atoms with Crippen LogP contribution in [0.25, 0.3) is 0 Å². The Hall–Kier alpha value is -1.92. The molecule has 1 aromatic heterocycles. The molecule has 0 saturated heterocycles. The molecule has 1 heterocycles. The number of nitrogens with one attached hydrogen (secondary N) is 1. The fourth-order valence-electron chi connectivity index (χ4n) is 2.21. The van der Waals surface area contributed by atoms with Gasteiger partial charge >= 0.3 is 0 Å². The van der Waals surface area contributed by atoms with E-state index < -0.39 is 0 Å². The minimum Gasteiger partial charge on any atom is -0.487 e. The summed E-state index contributed by atoms with van der Waals surface area (Å²) in [7, 11) is 0. The van der Waals surface area contributed by atoms with Crippen LogP contribution in [0.5, 0.6) is 5.75 Å². The normalized spacial score (nSPS) is 13.7. The first-order valence-electron chi connectivity index (χ1n) is 8.27. The fourth-order valence-corrected chi connectivity index (χ4v) is 2.75. The molecule has 1 aromatic carbocycles. The third kappa shape index (κ3) is 5.62. The number of ether oxygens (including phenoxy) is 2. The van der Waals surface area contributed by atoms with E-state index in [2.05, 4.69) is 10.3 Å². The van der Waals surface area contributed by atoms with Gasteiger partial charge in [-0.2, -0.15) is 0 Å². The number of nitrogens with zero attached hydrogens (tertiary/aromatic N) is 1. The van der Waals surface area contributed by atoms with Crippen molar-refractivity contribution in [1.29, 1.82) is 0 Å². The van der Waals surface area contributed by atoms with E-state index in [0.29, 0.717) is 31.1 Å². The molecule has 5 nitrogen and oxygen atoms in total. The first kappa shape index (κ1) is 16.9. The topological polar surface area (TPSA) is 60.5 Å². The van der Waals surface area contributed by atoms with Crippen molar-refractivity contribution in [3.8, 4) is 5.75 Å². The molecular weight excluding hydrogens is 324 g/mol. The molecule has 2 aromatic rings. The number of carbonyl (C=O) groups is 1. The Labute approximate surface area is 146 Å². The number of hydrogen-bond donors (Lipinski definition) is 1. The van der Waals surface area contributed by atoms with Gasteiger partial charge in [-0.05, 0) is 43.4 Å². The van der Waals surface area contributed by atoms with E-state index in [9.17, 15) is 4.79 Å². The van der Waals surface area contributed by atoms with E-state index in [-0.39, 0.29) is 5.91 Å². The van der Waals surface area contributed by atoms with Crippen LogP contribution >= 0.6 is 11.3 Å². The zero-order valence-corrected chi connectivity index (χ0v) is 14.4. The Morgan fingerprint density at radius 3 is 3.08 bits per heavy atom. The molecule has 24 heavy (non-hydrogen) atoms. The van der Waals surface area contributed by atoms with Crippen molar-refractivity contribution in [2.75, 3.05) is 19.8 Å². The van der Waals surface area contributed by atoms with Gasteiger partial charge in [0.2, 0.25) is 0 Å². The highest BCUT2D eigenvalue weighted by molar-refractivity contribution is 7.07. The standard InChI is InChI=1S/C18H22N2O3S/c21-18(19-7-2-8-22-10-14-5-6-14)15-3-1-4-17(9-15)23-11-16-12-24-13-20-16/h1,3-4,9,12-14H,2,5-8,10-11H2,(H,19,21). The minimum atomic E-state index is -0.0868. The van der Waals surface area contributed by atoms with Crippen molar-refractivity contribution in [2.24, 2.45) is 5.92 Å². The monoisotopic (exact) mass is 346 g/mol. The van der Waals surface area contributed by atoms with Crippen LogP contribution < -0.4 is 10.1 Å². The average Bonchev–Trinajstić information content (AvgIpc) is 3.28. The van der Waals surface area contributed by atoms with E-state index in [0.717, 1.165) is 24.6 Å². The van der Waals surface area contributed by atoms with Crippen molar-refractivity contribution < 1.29 is 14.3 Å². The van der Waals surface area contributed by atoms with Crippen LogP contribution in [0.15, 0.2) is 35.2 Å². The van der Waals surface area contributed by atoms with Crippen molar-refractivity contribution in [1.82, 2.24) is 10.3 Å². The molecule has 0 aliphatic heterocycles. The van der Waals surface area contributed by atoms with Crippen molar-refractivity contribution in [2.45, 2.75) is 25.9 Å². The molecule has 6 heteroatoms. The zero-order chi connectivity index (χ0) is 16.6. The molecule has 0 spiro atoms. The summed E-state index contributed by atoms with van der Waals surface area (Å²) in [6, 6.07) is 7.21. The summed E-state index contributed by atoms with van der Waals surface area (Å²) >= 11 is 1.54.